The van der Waals surface area contributed by atoms with E-state index in [1.54, 1.807) is 11.0 Å². The first-order chi connectivity index (χ1) is 9.14. The lowest BCUT2D eigenvalue weighted by Crippen LogP contribution is -2.41. The third-order valence-corrected chi connectivity index (χ3v) is 3.56. The summed E-state index contributed by atoms with van der Waals surface area (Å²) in [6.45, 7) is 2.78. The predicted molar refractivity (Wildman–Crippen MR) is 76.9 cm³/mol. The second-order valence-corrected chi connectivity index (χ2v) is 5.30. The highest BCUT2D eigenvalue weighted by molar-refractivity contribution is 6.30. The fourth-order valence-electron chi connectivity index (χ4n) is 2.19. The summed E-state index contributed by atoms with van der Waals surface area (Å²) in [4.78, 5) is 3.97. The van der Waals surface area contributed by atoms with Crippen LogP contribution in [-0.4, -0.2) is 14.8 Å². The Hall–Kier alpha value is -1.39. The van der Waals surface area contributed by atoms with Gasteiger partial charge in [-0.1, -0.05) is 43.5 Å². The summed E-state index contributed by atoms with van der Waals surface area (Å²) in [5.41, 5.74) is 7.26. The van der Waals surface area contributed by atoms with Gasteiger partial charge in [0.2, 0.25) is 0 Å². The van der Waals surface area contributed by atoms with E-state index < -0.39 is 5.54 Å². The van der Waals surface area contributed by atoms with Gasteiger partial charge in [0.25, 0.3) is 0 Å². The first-order valence-electron chi connectivity index (χ1n) is 6.51. The van der Waals surface area contributed by atoms with Crippen LogP contribution in [0.3, 0.4) is 0 Å². The maximum absolute atomic E-state index is 6.62. The molecule has 1 aromatic carbocycles. The van der Waals surface area contributed by atoms with E-state index in [2.05, 4.69) is 17.0 Å². The molecule has 0 saturated carbocycles. The molecule has 0 bridgehead atoms. The van der Waals surface area contributed by atoms with Crippen LogP contribution in [0.25, 0.3) is 0 Å². The van der Waals surface area contributed by atoms with Crippen LogP contribution in [0, 0.1) is 0 Å². The number of hydrogen-bond donors (Lipinski definition) is 1. The van der Waals surface area contributed by atoms with Crippen LogP contribution in [0.15, 0.2) is 36.9 Å². The number of rotatable bonds is 6. The van der Waals surface area contributed by atoms with Gasteiger partial charge in [0.1, 0.15) is 12.7 Å². The molecule has 4 nitrogen and oxygen atoms in total. The molecular formula is C14H19ClN4. The molecule has 1 aromatic heterocycles. The Morgan fingerprint density at radius 2 is 2.05 bits per heavy atom. The number of nitrogens with two attached hydrogens (primary N) is 1. The summed E-state index contributed by atoms with van der Waals surface area (Å²) >= 11 is 5.94. The van der Waals surface area contributed by atoms with E-state index >= 15 is 0 Å². The molecule has 19 heavy (non-hydrogen) atoms. The summed E-state index contributed by atoms with van der Waals surface area (Å²) in [6.07, 6.45) is 6.33. The summed E-state index contributed by atoms with van der Waals surface area (Å²) in [5, 5.41) is 4.88. The van der Waals surface area contributed by atoms with Crippen molar-refractivity contribution in [2.75, 3.05) is 0 Å². The minimum atomic E-state index is -0.436. The molecule has 0 radical (unpaired) electrons. The number of unbranched alkanes of at least 4 members (excludes halogenated alkanes) is 1. The zero-order chi connectivity index (χ0) is 13.7. The zero-order valence-electron chi connectivity index (χ0n) is 11.1. The van der Waals surface area contributed by atoms with Crippen molar-refractivity contribution in [1.82, 2.24) is 14.8 Å². The average molecular weight is 279 g/mol. The van der Waals surface area contributed by atoms with Gasteiger partial charge in [0, 0.05) is 5.02 Å². The van der Waals surface area contributed by atoms with E-state index in [1.807, 2.05) is 24.3 Å². The molecule has 2 aromatic rings. The quantitative estimate of drug-likeness (QED) is 0.884. The minimum Gasteiger partial charge on any atom is -0.320 e. The summed E-state index contributed by atoms with van der Waals surface area (Å²) in [5.74, 6) is 0. The molecular weight excluding hydrogens is 260 g/mol. The molecule has 0 aliphatic carbocycles. The van der Waals surface area contributed by atoms with Crippen LogP contribution in [0.1, 0.15) is 31.7 Å². The van der Waals surface area contributed by atoms with Gasteiger partial charge >= 0.3 is 0 Å². The van der Waals surface area contributed by atoms with Gasteiger partial charge in [-0.2, -0.15) is 5.10 Å². The van der Waals surface area contributed by atoms with Gasteiger partial charge in [-0.15, -0.1) is 0 Å². The van der Waals surface area contributed by atoms with Crippen LogP contribution in [0.2, 0.25) is 5.02 Å². The van der Waals surface area contributed by atoms with Crippen molar-refractivity contribution in [3.63, 3.8) is 0 Å². The van der Waals surface area contributed by atoms with E-state index in [1.165, 1.54) is 6.33 Å². The van der Waals surface area contributed by atoms with Gasteiger partial charge < -0.3 is 5.73 Å². The second-order valence-electron chi connectivity index (χ2n) is 4.86. The zero-order valence-corrected chi connectivity index (χ0v) is 11.8. The molecule has 0 saturated heterocycles. The highest BCUT2D eigenvalue weighted by Crippen LogP contribution is 2.27. The Bertz CT molecular complexity index is 495. The Morgan fingerprint density at radius 3 is 2.63 bits per heavy atom. The molecule has 5 heteroatoms. The third-order valence-electron chi connectivity index (χ3n) is 3.31. The minimum absolute atomic E-state index is 0.436. The molecule has 102 valence electrons. The van der Waals surface area contributed by atoms with Crippen molar-refractivity contribution in [1.29, 1.82) is 0 Å². The molecule has 2 N–H and O–H groups in total. The second kappa shape index (κ2) is 6.17. The van der Waals surface area contributed by atoms with E-state index in [0.717, 1.165) is 29.8 Å². The lowest BCUT2D eigenvalue weighted by Gasteiger charge is -2.30. The largest absolute Gasteiger partial charge is 0.320 e. The van der Waals surface area contributed by atoms with Gasteiger partial charge in [-0.05, 0) is 24.1 Å². The fourth-order valence-corrected chi connectivity index (χ4v) is 2.32. The van der Waals surface area contributed by atoms with Crippen molar-refractivity contribution in [3.8, 4) is 0 Å². The van der Waals surface area contributed by atoms with Crippen LogP contribution in [-0.2, 0) is 12.1 Å². The lowest BCUT2D eigenvalue weighted by atomic mass is 9.86. The maximum Gasteiger partial charge on any atom is 0.137 e. The third kappa shape index (κ3) is 3.55. The number of hydrogen-bond acceptors (Lipinski definition) is 3. The van der Waals surface area contributed by atoms with Gasteiger partial charge in [0.15, 0.2) is 0 Å². The summed E-state index contributed by atoms with van der Waals surface area (Å²) in [6, 6.07) is 7.75. The Kier molecular flexibility index (Phi) is 4.56. The molecule has 1 heterocycles. The van der Waals surface area contributed by atoms with E-state index in [4.69, 9.17) is 17.3 Å². The molecule has 0 aliphatic rings. The Balaban J connectivity index is 2.25. The lowest BCUT2D eigenvalue weighted by molar-refractivity contribution is 0.321. The van der Waals surface area contributed by atoms with Crippen molar-refractivity contribution >= 4 is 11.6 Å². The molecule has 0 aliphatic heterocycles. The highest BCUT2D eigenvalue weighted by Gasteiger charge is 2.27. The van der Waals surface area contributed by atoms with Crippen molar-refractivity contribution < 1.29 is 0 Å². The summed E-state index contributed by atoms with van der Waals surface area (Å²) < 4.78 is 1.78. The molecule has 2 rings (SSSR count). The predicted octanol–water partition coefficient (Wildman–Crippen LogP) is 2.98. The summed E-state index contributed by atoms with van der Waals surface area (Å²) in [7, 11) is 0. The molecule has 0 amide bonds. The van der Waals surface area contributed by atoms with E-state index in [-0.39, 0.29) is 0 Å². The first kappa shape index (κ1) is 14.0. The highest BCUT2D eigenvalue weighted by atomic mass is 35.5. The van der Waals surface area contributed by atoms with Gasteiger partial charge in [0.05, 0.1) is 12.1 Å². The molecule has 1 atom stereocenters. The normalized spacial score (nSPS) is 14.3. The van der Waals surface area contributed by atoms with Crippen molar-refractivity contribution in [3.05, 3.63) is 47.5 Å². The SMILES string of the molecule is CCCCC(N)(Cn1cncn1)c1ccc(Cl)cc1. The average Bonchev–Trinajstić information content (AvgIpc) is 2.90. The first-order valence-corrected chi connectivity index (χ1v) is 6.89. The van der Waals surface area contributed by atoms with Gasteiger partial charge in [-0.25, -0.2) is 4.98 Å². The maximum atomic E-state index is 6.62. The van der Waals surface area contributed by atoms with Crippen LogP contribution >= 0.6 is 11.6 Å². The number of aromatic nitrogens is 3. The Labute approximate surface area is 118 Å². The van der Waals surface area contributed by atoms with Crippen molar-refractivity contribution in [2.24, 2.45) is 5.73 Å². The molecule has 1 unspecified atom stereocenters. The monoisotopic (exact) mass is 278 g/mol. The topological polar surface area (TPSA) is 56.7 Å². The van der Waals surface area contributed by atoms with Crippen LogP contribution in [0.5, 0.6) is 0 Å². The smallest absolute Gasteiger partial charge is 0.137 e. The standard InChI is InChI=1S/C14H19ClN4/c1-2-3-8-14(16,9-19-11-17-10-18-19)12-4-6-13(15)7-5-12/h4-7,10-11H,2-3,8-9,16H2,1H3. The van der Waals surface area contributed by atoms with E-state index in [0.29, 0.717) is 6.54 Å². The number of halogens is 1. The van der Waals surface area contributed by atoms with Crippen molar-refractivity contribution in [2.45, 2.75) is 38.3 Å². The van der Waals surface area contributed by atoms with Crippen LogP contribution in [0.4, 0.5) is 0 Å². The van der Waals surface area contributed by atoms with Crippen LogP contribution < -0.4 is 5.73 Å². The Morgan fingerprint density at radius 1 is 1.32 bits per heavy atom. The molecule has 0 fully saturated rings. The van der Waals surface area contributed by atoms with E-state index in [9.17, 15) is 0 Å². The number of nitrogens with zero attached hydrogens (tertiary/aromatic N) is 3. The van der Waals surface area contributed by atoms with Gasteiger partial charge in [-0.3, -0.25) is 4.68 Å². The fraction of sp³-hybridized carbons (Fsp3) is 0.429. The number of benzene rings is 1. The molecule has 0 spiro atoms.